The summed E-state index contributed by atoms with van der Waals surface area (Å²) in [6.07, 6.45) is 2.82. The maximum atomic E-state index is 11.7. The van der Waals surface area contributed by atoms with E-state index < -0.39 is 11.7 Å². The number of ketones is 1. The summed E-state index contributed by atoms with van der Waals surface area (Å²) >= 11 is 0. The summed E-state index contributed by atoms with van der Waals surface area (Å²) in [6, 6.07) is 9.35. The van der Waals surface area contributed by atoms with E-state index in [1.54, 1.807) is 0 Å². The van der Waals surface area contributed by atoms with Gasteiger partial charge in [0.05, 0.1) is 6.54 Å². The van der Waals surface area contributed by atoms with Crippen LogP contribution in [-0.4, -0.2) is 36.1 Å². The van der Waals surface area contributed by atoms with E-state index >= 15 is 0 Å². The molecule has 1 aromatic rings. The highest BCUT2D eigenvalue weighted by Gasteiger charge is 2.24. The van der Waals surface area contributed by atoms with Gasteiger partial charge in [-0.15, -0.1) is 0 Å². The van der Waals surface area contributed by atoms with Gasteiger partial charge in [-0.25, -0.2) is 0 Å². The molecule has 0 unspecified atom stereocenters. The number of nitrogens with one attached hydrogen (secondary N) is 1. The molecule has 1 N–H and O–H groups in total. The van der Waals surface area contributed by atoms with Crippen LogP contribution in [0, 0.1) is 5.92 Å². The third kappa shape index (κ3) is 4.50. The predicted molar refractivity (Wildman–Crippen MR) is 73.7 cm³/mol. The molecule has 5 nitrogen and oxygen atoms in total. The quantitative estimate of drug-likeness (QED) is 0.561. The van der Waals surface area contributed by atoms with E-state index in [4.69, 9.17) is 0 Å². The minimum atomic E-state index is -0.600. The number of hydrogen-bond donors (Lipinski definition) is 1. The second-order valence-electron chi connectivity index (χ2n) is 5.07. The number of nitrogens with zero attached hydrogens (tertiary/aromatic N) is 1. The molecule has 2 amide bonds. The average Bonchev–Trinajstić information content (AvgIpc) is 3.29. The number of carbonyl (C=O) groups is 3. The lowest BCUT2D eigenvalue weighted by Gasteiger charge is -2.16. The Kier molecular flexibility index (Phi) is 4.87. The summed E-state index contributed by atoms with van der Waals surface area (Å²) in [5, 5.41) is 2.61. The summed E-state index contributed by atoms with van der Waals surface area (Å²) < 4.78 is 0. The first kappa shape index (κ1) is 14.2. The van der Waals surface area contributed by atoms with Crippen molar-refractivity contribution in [2.45, 2.75) is 19.4 Å². The van der Waals surface area contributed by atoms with Gasteiger partial charge in [0.1, 0.15) is 0 Å². The number of benzene rings is 1. The highest BCUT2D eigenvalue weighted by Crippen LogP contribution is 2.27. The van der Waals surface area contributed by atoms with Crippen LogP contribution in [0.5, 0.6) is 0 Å². The van der Waals surface area contributed by atoms with Crippen LogP contribution in [-0.2, 0) is 20.9 Å². The molecule has 2 rings (SSSR count). The van der Waals surface area contributed by atoms with Crippen LogP contribution in [0.1, 0.15) is 18.4 Å². The molecule has 1 aliphatic rings. The maximum Gasteiger partial charge on any atom is 0.289 e. The lowest BCUT2D eigenvalue weighted by molar-refractivity contribution is -0.139. The molecule has 0 aromatic heterocycles. The molecular formula is C15H18N2O3. The first-order chi connectivity index (χ1) is 9.69. The van der Waals surface area contributed by atoms with E-state index in [1.807, 2.05) is 30.3 Å². The highest BCUT2D eigenvalue weighted by molar-refractivity contribution is 6.37. The van der Waals surface area contributed by atoms with Gasteiger partial charge >= 0.3 is 0 Å². The Morgan fingerprint density at radius 3 is 2.55 bits per heavy atom. The van der Waals surface area contributed by atoms with Gasteiger partial charge < -0.3 is 10.2 Å². The molecule has 1 fully saturated rings. The Morgan fingerprint density at radius 1 is 1.25 bits per heavy atom. The van der Waals surface area contributed by atoms with E-state index in [0.717, 1.165) is 18.4 Å². The second-order valence-corrected chi connectivity index (χ2v) is 5.07. The molecule has 20 heavy (non-hydrogen) atoms. The number of carbonyl (C=O) groups excluding carboxylic acids is 3. The summed E-state index contributed by atoms with van der Waals surface area (Å²) in [7, 11) is 0. The molecule has 1 saturated carbocycles. The van der Waals surface area contributed by atoms with E-state index in [2.05, 4.69) is 5.32 Å². The van der Waals surface area contributed by atoms with E-state index in [0.29, 0.717) is 25.4 Å². The van der Waals surface area contributed by atoms with E-state index in [-0.39, 0.29) is 6.54 Å². The van der Waals surface area contributed by atoms with E-state index in [1.165, 1.54) is 4.90 Å². The summed E-state index contributed by atoms with van der Waals surface area (Å²) in [5.41, 5.74) is 0.922. The van der Waals surface area contributed by atoms with E-state index in [9.17, 15) is 14.4 Å². The van der Waals surface area contributed by atoms with Crippen molar-refractivity contribution in [3.63, 3.8) is 0 Å². The van der Waals surface area contributed by atoms with Gasteiger partial charge in [0.2, 0.25) is 12.2 Å². The maximum absolute atomic E-state index is 11.7. The fourth-order valence-corrected chi connectivity index (χ4v) is 1.86. The van der Waals surface area contributed by atoms with Crippen molar-refractivity contribution in [1.29, 1.82) is 0 Å². The Bertz CT molecular complexity index is 483. The van der Waals surface area contributed by atoms with Crippen molar-refractivity contribution in [3.05, 3.63) is 35.9 Å². The number of amides is 2. The van der Waals surface area contributed by atoms with Crippen molar-refractivity contribution in [1.82, 2.24) is 10.2 Å². The van der Waals surface area contributed by atoms with Gasteiger partial charge in [-0.1, -0.05) is 30.3 Å². The van der Waals surface area contributed by atoms with Gasteiger partial charge in [0, 0.05) is 13.1 Å². The van der Waals surface area contributed by atoms with Crippen molar-refractivity contribution in [3.8, 4) is 0 Å². The highest BCUT2D eigenvalue weighted by atomic mass is 16.2. The van der Waals surface area contributed by atoms with Crippen LogP contribution in [0.25, 0.3) is 0 Å². The third-order valence-corrected chi connectivity index (χ3v) is 3.23. The molecule has 106 valence electrons. The second kappa shape index (κ2) is 6.84. The van der Waals surface area contributed by atoms with Gasteiger partial charge in [-0.05, 0) is 24.3 Å². The van der Waals surface area contributed by atoms with Crippen LogP contribution < -0.4 is 5.32 Å². The van der Waals surface area contributed by atoms with Crippen LogP contribution >= 0.6 is 0 Å². The smallest absolute Gasteiger partial charge is 0.289 e. The molecule has 0 spiro atoms. The van der Waals surface area contributed by atoms with Gasteiger partial charge in [0.15, 0.2) is 0 Å². The first-order valence-electron chi connectivity index (χ1n) is 6.73. The Hall–Kier alpha value is -2.17. The van der Waals surface area contributed by atoms with Crippen molar-refractivity contribution < 1.29 is 14.4 Å². The molecule has 0 radical (unpaired) electrons. The van der Waals surface area contributed by atoms with Gasteiger partial charge in [0.25, 0.3) is 5.91 Å². The van der Waals surface area contributed by atoms with Crippen LogP contribution in [0.3, 0.4) is 0 Å². The van der Waals surface area contributed by atoms with Crippen molar-refractivity contribution in [2.24, 2.45) is 5.92 Å². The molecule has 0 aliphatic heterocycles. The minimum Gasteiger partial charge on any atom is -0.349 e. The molecule has 1 aromatic carbocycles. The zero-order valence-electron chi connectivity index (χ0n) is 11.2. The first-order valence-corrected chi connectivity index (χ1v) is 6.73. The van der Waals surface area contributed by atoms with Crippen LogP contribution in [0.4, 0.5) is 0 Å². The Morgan fingerprint density at radius 2 is 1.95 bits per heavy atom. The monoisotopic (exact) mass is 274 g/mol. The molecule has 5 heteroatoms. The van der Waals surface area contributed by atoms with Gasteiger partial charge in [-0.2, -0.15) is 0 Å². The minimum absolute atomic E-state index is 0.186. The molecule has 0 saturated heterocycles. The molecule has 0 heterocycles. The standard InChI is InChI=1S/C15H18N2O3/c18-11-17(9-13-4-2-1-3-5-13)10-14(19)15(20)16-8-12-6-7-12/h1-5,11-12H,6-10H2,(H,16,20). The van der Waals surface area contributed by atoms with Gasteiger partial charge in [-0.3, -0.25) is 14.4 Å². The molecular weight excluding hydrogens is 256 g/mol. The number of rotatable bonds is 8. The lowest BCUT2D eigenvalue weighted by Crippen LogP contribution is -2.39. The number of hydrogen-bond acceptors (Lipinski definition) is 3. The zero-order valence-corrected chi connectivity index (χ0v) is 11.2. The van der Waals surface area contributed by atoms with Crippen molar-refractivity contribution in [2.75, 3.05) is 13.1 Å². The topological polar surface area (TPSA) is 66.5 Å². The largest absolute Gasteiger partial charge is 0.349 e. The SMILES string of the molecule is O=CN(CC(=O)C(=O)NCC1CC1)Cc1ccccc1. The molecule has 0 atom stereocenters. The number of Topliss-reactive ketones (excluding diaryl/α,β-unsaturated/α-hetero) is 1. The molecule has 1 aliphatic carbocycles. The van der Waals surface area contributed by atoms with Crippen LogP contribution in [0.15, 0.2) is 30.3 Å². The van der Waals surface area contributed by atoms with Crippen LogP contribution in [0.2, 0.25) is 0 Å². The summed E-state index contributed by atoms with van der Waals surface area (Å²) in [4.78, 5) is 35.6. The fourth-order valence-electron chi connectivity index (χ4n) is 1.86. The lowest BCUT2D eigenvalue weighted by atomic mass is 10.2. The average molecular weight is 274 g/mol. The van der Waals surface area contributed by atoms with Crippen molar-refractivity contribution >= 4 is 18.1 Å². The Labute approximate surface area is 118 Å². The predicted octanol–water partition coefficient (Wildman–Crippen LogP) is 0.740. The fraction of sp³-hybridized carbons (Fsp3) is 0.400. The zero-order chi connectivity index (χ0) is 14.4. The summed E-state index contributed by atoms with van der Waals surface area (Å²) in [6.45, 7) is 0.700. The normalized spacial score (nSPS) is 13.6. The summed E-state index contributed by atoms with van der Waals surface area (Å²) in [5.74, 6) is -0.649. The Balaban J connectivity index is 1.80. The molecule has 0 bridgehead atoms. The third-order valence-electron chi connectivity index (χ3n) is 3.23.